The molecule has 14 heteroatoms. The van der Waals surface area contributed by atoms with E-state index < -0.39 is 30.5 Å². The molecule has 0 spiro atoms. The van der Waals surface area contributed by atoms with Crippen LogP contribution >= 0.6 is 11.3 Å². The molecule has 0 bridgehead atoms. The molecule has 228 valence electrons. The van der Waals surface area contributed by atoms with Crippen molar-refractivity contribution in [3.05, 3.63) is 53.5 Å². The minimum atomic E-state index is -4.78. The number of fused-ring (bicyclic) bond motifs is 1. The van der Waals surface area contributed by atoms with Crippen molar-refractivity contribution in [2.45, 2.75) is 69.7 Å². The second-order valence-corrected chi connectivity index (χ2v) is 12.1. The fourth-order valence-electron chi connectivity index (χ4n) is 5.46. The maximum Gasteiger partial charge on any atom is 0.573 e. The number of aliphatic hydroxyl groups is 3. The number of ether oxygens (including phenoxy) is 1. The normalized spacial score (nSPS) is 23.0. The van der Waals surface area contributed by atoms with E-state index in [-0.39, 0.29) is 24.3 Å². The molecule has 3 heterocycles. The molecular weight excluding hydrogens is 585 g/mol. The first-order chi connectivity index (χ1) is 20.5. The molecule has 0 amide bonds. The molecule has 43 heavy (non-hydrogen) atoms. The van der Waals surface area contributed by atoms with Gasteiger partial charge in [-0.15, -0.1) is 24.5 Å². The Bertz CT molecular complexity index is 1610. The first-order valence-corrected chi connectivity index (χ1v) is 14.8. The van der Waals surface area contributed by atoms with Crippen LogP contribution in [0.3, 0.4) is 0 Å². The van der Waals surface area contributed by atoms with Crippen LogP contribution in [0.1, 0.15) is 55.1 Å². The number of anilines is 2. The molecule has 10 nitrogen and oxygen atoms in total. The maximum atomic E-state index is 12.6. The largest absolute Gasteiger partial charge is 0.573 e. The van der Waals surface area contributed by atoms with Crippen molar-refractivity contribution in [3.8, 4) is 16.3 Å². The summed E-state index contributed by atoms with van der Waals surface area (Å²) in [5.41, 5.74) is 3.77. The van der Waals surface area contributed by atoms with Crippen molar-refractivity contribution in [1.29, 1.82) is 0 Å². The van der Waals surface area contributed by atoms with Crippen molar-refractivity contribution in [1.82, 2.24) is 19.9 Å². The molecule has 0 aliphatic heterocycles. The number of hydrogen-bond acceptors (Lipinski definition) is 11. The molecule has 2 saturated carbocycles. The zero-order valence-corrected chi connectivity index (χ0v) is 24.2. The van der Waals surface area contributed by atoms with Gasteiger partial charge in [0.25, 0.3) is 0 Å². The fourth-order valence-corrected chi connectivity index (χ4v) is 6.53. The predicted octanol–water partition coefficient (Wildman–Crippen LogP) is 4.92. The van der Waals surface area contributed by atoms with Crippen LogP contribution in [-0.4, -0.2) is 66.5 Å². The Balaban J connectivity index is 1.38. The van der Waals surface area contributed by atoms with Gasteiger partial charge in [0, 0.05) is 24.6 Å². The van der Waals surface area contributed by atoms with Gasteiger partial charge in [-0.2, -0.15) is 4.98 Å². The lowest BCUT2D eigenvalue weighted by Gasteiger charge is -2.23. The number of hydrogen-bond donors (Lipinski definition) is 5. The van der Waals surface area contributed by atoms with E-state index in [4.69, 9.17) is 15.0 Å². The smallest absolute Gasteiger partial charge is 0.406 e. The molecule has 5 atom stereocenters. The van der Waals surface area contributed by atoms with Crippen LogP contribution in [0.2, 0.25) is 0 Å². The lowest BCUT2D eigenvalue weighted by molar-refractivity contribution is -0.274. The van der Waals surface area contributed by atoms with Gasteiger partial charge in [0.2, 0.25) is 5.95 Å². The van der Waals surface area contributed by atoms with Crippen LogP contribution in [0.15, 0.2) is 36.5 Å². The first kappa shape index (κ1) is 29.5. The van der Waals surface area contributed by atoms with E-state index in [0.29, 0.717) is 34.3 Å². The molecule has 0 saturated heterocycles. The molecule has 1 aromatic carbocycles. The Kier molecular flexibility index (Phi) is 7.87. The van der Waals surface area contributed by atoms with E-state index >= 15 is 0 Å². The van der Waals surface area contributed by atoms with E-state index in [2.05, 4.69) is 20.4 Å². The van der Waals surface area contributed by atoms with Gasteiger partial charge in [0.05, 0.1) is 39.8 Å². The number of nitrogens with zero attached hydrogens (tertiary/aromatic N) is 4. The van der Waals surface area contributed by atoms with Crippen LogP contribution < -0.4 is 15.4 Å². The second kappa shape index (κ2) is 11.5. The molecule has 2 aliphatic rings. The molecule has 2 aliphatic carbocycles. The van der Waals surface area contributed by atoms with Gasteiger partial charge in [0.1, 0.15) is 28.2 Å². The van der Waals surface area contributed by atoms with Crippen molar-refractivity contribution < 1.29 is 33.2 Å². The number of benzene rings is 1. The van der Waals surface area contributed by atoms with Gasteiger partial charge in [-0.05, 0) is 56.9 Å². The molecule has 4 aromatic rings. The molecular formula is C29H31F3N6O4S. The standard InChI is InChI=1S/C29H31F3N6O4S/c1-13(15-5-7-18(8-6-15)42-29(30,31)32)34-28-37-23(16-3-4-16)21(27-36-22-14(2)33-10-9-20(22)43-27)26(38-28)35-19-11-17(12-39)24(40)25(19)41/h5-10,13,16-17,19,24-25,39-41H,3-4,11-12H2,1-2H3,(H2,34,35,37,38)/t13-,17-,19-,24-,25+/m1/s1. The number of rotatable bonds is 9. The Morgan fingerprint density at radius 1 is 1.07 bits per heavy atom. The summed E-state index contributed by atoms with van der Waals surface area (Å²) in [5.74, 6) is 0.0934. The number of aliphatic hydroxyl groups excluding tert-OH is 3. The summed E-state index contributed by atoms with van der Waals surface area (Å²) in [6.45, 7) is 3.47. The van der Waals surface area contributed by atoms with Gasteiger partial charge >= 0.3 is 6.36 Å². The molecule has 3 aromatic heterocycles. The summed E-state index contributed by atoms with van der Waals surface area (Å²) in [5, 5.41) is 38.3. The van der Waals surface area contributed by atoms with Gasteiger partial charge in [-0.1, -0.05) is 12.1 Å². The van der Waals surface area contributed by atoms with E-state index in [1.807, 2.05) is 19.9 Å². The predicted molar refractivity (Wildman–Crippen MR) is 155 cm³/mol. The Morgan fingerprint density at radius 2 is 1.81 bits per heavy atom. The average Bonchev–Trinajstić information content (AvgIpc) is 3.66. The number of thiazole rings is 1. The minimum Gasteiger partial charge on any atom is -0.406 e. The van der Waals surface area contributed by atoms with E-state index in [9.17, 15) is 28.5 Å². The van der Waals surface area contributed by atoms with Crippen LogP contribution in [0.25, 0.3) is 20.8 Å². The van der Waals surface area contributed by atoms with Crippen LogP contribution in [0.5, 0.6) is 5.75 Å². The number of aryl methyl sites for hydroxylation is 1. The van der Waals surface area contributed by atoms with E-state index in [0.717, 1.165) is 34.4 Å². The molecule has 0 unspecified atom stereocenters. The number of aromatic nitrogens is 4. The Labute approximate surface area is 249 Å². The van der Waals surface area contributed by atoms with Crippen LogP contribution in [0, 0.1) is 12.8 Å². The molecule has 6 rings (SSSR count). The van der Waals surface area contributed by atoms with Gasteiger partial charge in [-0.25, -0.2) is 9.97 Å². The topological polar surface area (TPSA) is 146 Å². The van der Waals surface area contributed by atoms with Crippen molar-refractivity contribution in [2.75, 3.05) is 17.2 Å². The van der Waals surface area contributed by atoms with Crippen LogP contribution in [0.4, 0.5) is 24.9 Å². The van der Waals surface area contributed by atoms with Gasteiger partial charge in [0.15, 0.2) is 0 Å². The Morgan fingerprint density at radius 3 is 2.44 bits per heavy atom. The third-order valence-corrected chi connectivity index (χ3v) is 8.96. The fraction of sp³-hybridized carbons (Fsp3) is 0.448. The summed E-state index contributed by atoms with van der Waals surface area (Å²) in [7, 11) is 0. The summed E-state index contributed by atoms with van der Waals surface area (Å²) in [6, 6.07) is 6.52. The minimum absolute atomic E-state index is 0.170. The highest BCUT2D eigenvalue weighted by molar-refractivity contribution is 7.21. The van der Waals surface area contributed by atoms with Crippen molar-refractivity contribution in [3.63, 3.8) is 0 Å². The molecule has 2 fully saturated rings. The molecule has 5 N–H and O–H groups in total. The third kappa shape index (κ3) is 6.23. The highest BCUT2D eigenvalue weighted by atomic mass is 32.1. The van der Waals surface area contributed by atoms with Crippen molar-refractivity contribution >= 4 is 33.3 Å². The highest BCUT2D eigenvalue weighted by Gasteiger charge is 2.42. The summed E-state index contributed by atoms with van der Waals surface area (Å²) >= 11 is 1.49. The lowest BCUT2D eigenvalue weighted by atomic mass is 10.1. The number of alkyl halides is 3. The lowest BCUT2D eigenvalue weighted by Crippen LogP contribution is -2.35. The second-order valence-electron chi connectivity index (χ2n) is 11.1. The number of pyridine rings is 1. The van der Waals surface area contributed by atoms with Crippen LogP contribution in [-0.2, 0) is 0 Å². The molecule has 0 radical (unpaired) electrons. The van der Waals surface area contributed by atoms with Gasteiger partial charge < -0.3 is 30.7 Å². The van der Waals surface area contributed by atoms with E-state index in [1.165, 1.54) is 35.6 Å². The Hall–Kier alpha value is -3.59. The highest BCUT2D eigenvalue weighted by Crippen LogP contribution is 2.48. The van der Waals surface area contributed by atoms with Crippen molar-refractivity contribution in [2.24, 2.45) is 5.92 Å². The summed E-state index contributed by atoms with van der Waals surface area (Å²) in [6.07, 6.45) is -3.06. The third-order valence-electron chi connectivity index (χ3n) is 7.92. The van der Waals surface area contributed by atoms with E-state index in [1.54, 1.807) is 6.20 Å². The number of nitrogens with one attached hydrogen (secondary N) is 2. The maximum absolute atomic E-state index is 12.6. The number of halogens is 3. The monoisotopic (exact) mass is 616 g/mol. The summed E-state index contributed by atoms with van der Waals surface area (Å²) in [4.78, 5) is 19.0. The van der Waals surface area contributed by atoms with Gasteiger partial charge in [-0.3, -0.25) is 4.98 Å². The zero-order valence-electron chi connectivity index (χ0n) is 23.3. The SMILES string of the molecule is Cc1nccc2sc(-c3c(N[C@@H]4C[C@H](CO)[C@@H](O)[C@H]4O)nc(N[C@H](C)c4ccc(OC(F)(F)F)cc4)nc3C3CC3)nc12. The quantitative estimate of drug-likeness (QED) is 0.176. The summed E-state index contributed by atoms with van der Waals surface area (Å²) < 4.78 is 42.7. The zero-order chi connectivity index (χ0) is 30.5. The average molecular weight is 617 g/mol. The first-order valence-electron chi connectivity index (χ1n) is 14.0.